The van der Waals surface area contributed by atoms with Gasteiger partial charge in [0.1, 0.15) is 5.75 Å². The van der Waals surface area contributed by atoms with Crippen LogP contribution in [0.1, 0.15) is 24.3 Å². The highest BCUT2D eigenvalue weighted by atomic mass is 32.1. The van der Waals surface area contributed by atoms with Gasteiger partial charge in [-0.25, -0.2) is 0 Å². The second-order valence-corrected chi connectivity index (χ2v) is 6.76. The molecule has 0 aliphatic heterocycles. The summed E-state index contributed by atoms with van der Waals surface area (Å²) < 4.78 is 5.49. The van der Waals surface area contributed by atoms with Gasteiger partial charge in [-0.2, -0.15) is 0 Å². The van der Waals surface area contributed by atoms with Gasteiger partial charge in [-0.15, -0.1) is 11.3 Å². The second-order valence-electron chi connectivity index (χ2n) is 5.73. The van der Waals surface area contributed by atoms with Crippen LogP contribution in [0, 0.1) is 5.92 Å². The molecule has 1 atom stereocenters. The van der Waals surface area contributed by atoms with Crippen LogP contribution in [0.15, 0.2) is 41.8 Å². The second kappa shape index (κ2) is 8.20. The van der Waals surface area contributed by atoms with Crippen LogP contribution in [0.4, 0.5) is 0 Å². The van der Waals surface area contributed by atoms with Crippen molar-refractivity contribution in [3.05, 3.63) is 52.2 Å². The van der Waals surface area contributed by atoms with Crippen molar-refractivity contribution in [3.63, 3.8) is 0 Å². The minimum Gasteiger partial charge on any atom is -0.496 e. The van der Waals surface area contributed by atoms with Crippen LogP contribution in [-0.4, -0.2) is 19.7 Å². The maximum absolute atomic E-state index is 5.49. The summed E-state index contributed by atoms with van der Waals surface area (Å²) >= 11 is 1.85. The Bertz CT molecular complexity index is 522. The van der Waals surface area contributed by atoms with E-state index in [1.54, 1.807) is 7.11 Å². The van der Waals surface area contributed by atoms with E-state index >= 15 is 0 Å². The standard InChI is InChI=1S/C18H25NOS/c1-14(2)19-13-15(12-17-8-6-10-21-17)11-16-7-4-5-9-18(16)20-3/h4-10,14-15,19H,11-13H2,1-3H3. The maximum atomic E-state index is 5.49. The molecule has 0 amide bonds. The number of ether oxygens (including phenoxy) is 1. The first-order chi connectivity index (χ1) is 10.2. The summed E-state index contributed by atoms with van der Waals surface area (Å²) in [6.45, 7) is 5.43. The molecule has 0 spiro atoms. The molecule has 21 heavy (non-hydrogen) atoms. The number of hydrogen-bond donors (Lipinski definition) is 1. The van der Waals surface area contributed by atoms with E-state index in [0.717, 1.165) is 25.1 Å². The lowest BCUT2D eigenvalue weighted by molar-refractivity contribution is 0.397. The fourth-order valence-corrected chi connectivity index (χ4v) is 3.34. The Morgan fingerprint density at radius 1 is 1.10 bits per heavy atom. The molecule has 0 fully saturated rings. The third kappa shape index (κ3) is 5.18. The zero-order valence-electron chi connectivity index (χ0n) is 13.1. The predicted molar refractivity (Wildman–Crippen MR) is 91.3 cm³/mol. The number of benzene rings is 1. The van der Waals surface area contributed by atoms with E-state index in [9.17, 15) is 0 Å². The van der Waals surface area contributed by atoms with Gasteiger partial charge in [0.15, 0.2) is 0 Å². The third-order valence-corrected chi connectivity index (χ3v) is 4.48. The quantitative estimate of drug-likeness (QED) is 0.791. The van der Waals surface area contributed by atoms with E-state index in [1.807, 2.05) is 23.5 Å². The van der Waals surface area contributed by atoms with E-state index in [0.29, 0.717) is 12.0 Å². The third-order valence-electron chi connectivity index (χ3n) is 3.59. The molecule has 0 aliphatic rings. The number of hydrogen-bond acceptors (Lipinski definition) is 3. The molecular weight excluding hydrogens is 278 g/mol. The van der Waals surface area contributed by atoms with Crippen LogP contribution in [0.25, 0.3) is 0 Å². The summed E-state index contributed by atoms with van der Waals surface area (Å²) in [6, 6.07) is 13.2. The summed E-state index contributed by atoms with van der Waals surface area (Å²) in [6.07, 6.45) is 2.16. The summed E-state index contributed by atoms with van der Waals surface area (Å²) in [5.41, 5.74) is 1.30. The topological polar surface area (TPSA) is 21.3 Å². The molecule has 2 rings (SSSR count). The van der Waals surface area contributed by atoms with E-state index in [4.69, 9.17) is 4.74 Å². The van der Waals surface area contributed by atoms with Crippen LogP contribution >= 0.6 is 11.3 Å². The van der Waals surface area contributed by atoms with Crippen molar-refractivity contribution in [1.29, 1.82) is 0 Å². The molecule has 0 bridgehead atoms. The number of para-hydroxylation sites is 1. The van der Waals surface area contributed by atoms with Gasteiger partial charge in [0.25, 0.3) is 0 Å². The number of methoxy groups -OCH3 is 1. The molecular formula is C18H25NOS. The van der Waals surface area contributed by atoms with Crippen molar-refractivity contribution < 1.29 is 4.74 Å². The van der Waals surface area contributed by atoms with Crippen molar-refractivity contribution in [3.8, 4) is 5.75 Å². The number of rotatable bonds is 8. The van der Waals surface area contributed by atoms with Crippen molar-refractivity contribution in [2.24, 2.45) is 5.92 Å². The van der Waals surface area contributed by atoms with Gasteiger partial charge in [-0.1, -0.05) is 38.1 Å². The molecule has 1 N–H and O–H groups in total. The minimum absolute atomic E-state index is 0.522. The first kappa shape index (κ1) is 16.1. The largest absolute Gasteiger partial charge is 0.496 e. The Kier molecular flexibility index (Phi) is 6.27. The van der Waals surface area contributed by atoms with Gasteiger partial charge in [0, 0.05) is 10.9 Å². The normalized spacial score (nSPS) is 12.6. The lowest BCUT2D eigenvalue weighted by Crippen LogP contribution is -2.31. The Morgan fingerprint density at radius 3 is 2.57 bits per heavy atom. The molecule has 2 aromatic rings. The van der Waals surface area contributed by atoms with Crippen molar-refractivity contribution in [2.75, 3.05) is 13.7 Å². The van der Waals surface area contributed by atoms with Crippen molar-refractivity contribution in [2.45, 2.75) is 32.7 Å². The van der Waals surface area contributed by atoms with Crippen LogP contribution in [0.3, 0.4) is 0 Å². The summed E-state index contributed by atoms with van der Waals surface area (Å²) in [5, 5.41) is 5.74. The highest BCUT2D eigenvalue weighted by molar-refractivity contribution is 7.09. The van der Waals surface area contributed by atoms with E-state index in [-0.39, 0.29) is 0 Å². The van der Waals surface area contributed by atoms with Gasteiger partial charge < -0.3 is 10.1 Å². The minimum atomic E-state index is 0.522. The average Bonchev–Trinajstić information content (AvgIpc) is 2.98. The van der Waals surface area contributed by atoms with Crippen LogP contribution in [0.2, 0.25) is 0 Å². The molecule has 0 radical (unpaired) electrons. The SMILES string of the molecule is COc1ccccc1CC(CNC(C)C)Cc1cccs1. The Balaban J connectivity index is 2.07. The smallest absolute Gasteiger partial charge is 0.122 e. The first-order valence-electron chi connectivity index (χ1n) is 7.56. The van der Waals surface area contributed by atoms with Gasteiger partial charge >= 0.3 is 0 Å². The van der Waals surface area contributed by atoms with E-state index < -0.39 is 0 Å². The molecule has 0 saturated heterocycles. The molecule has 1 aromatic carbocycles. The highest BCUT2D eigenvalue weighted by Crippen LogP contribution is 2.24. The van der Waals surface area contributed by atoms with E-state index in [1.165, 1.54) is 10.4 Å². The fraction of sp³-hybridized carbons (Fsp3) is 0.444. The first-order valence-corrected chi connectivity index (χ1v) is 8.44. The van der Waals surface area contributed by atoms with Gasteiger partial charge in [-0.05, 0) is 48.4 Å². The monoisotopic (exact) mass is 303 g/mol. The molecule has 1 heterocycles. The molecule has 1 aromatic heterocycles. The fourth-order valence-electron chi connectivity index (χ4n) is 2.51. The summed E-state index contributed by atoms with van der Waals surface area (Å²) in [5.74, 6) is 1.58. The van der Waals surface area contributed by atoms with Gasteiger partial charge in [0.05, 0.1) is 7.11 Å². The Labute approximate surface area is 132 Å². The molecule has 1 unspecified atom stereocenters. The molecule has 0 saturated carbocycles. The zero-order chi connectivity index (χ0) is 15.1. The molecule has 2 nitrogen and oxygen atoms in total. The van der Waals surface area contributed by atoms with E-state index in [2.05, 4.69) is 48.8 Å². The average molecular weight is 303 g/mol. The van der Waals surface area contributed by atoms with Crippen LogP contribution in [0.5, 0.6) is 5.75 Å². The lowest BCUT2D eigenvalue weighted by atomic mass is 9.94. The maximum Gasteiger partial charge on any atom is 0.122 e. The van der Waals surface area contributed by atoms with Crippen molar-refractivity contribution in [1.82, 2.24) is 5.32 Å². The molecule has 0 aliphatic carbocycles. The Hall–Kier alpha value is -1.32. The Morgan fingerprint density at radius 2 is 1.90 bits per heavy atom. The summed E-state index contributed by atoms with van der Waals surface area (Å²) in [7, 11) is 1.75. The highest BCUT2D eigenvalue weighted by Gasteiger charge is 2.14. The van der Waals surface area contributed by atoms with Crippen LogP contribution < -0.4 is 10.1 Å². The van der Waals surface area contributed by atoms with Gasteiger partial charge in [0.2, 0.25) is 0 Å². The summed E-state index contributed by atoms with van der Waals surface area (Å²) in [4.78, 5) is 1.46. The lowest BCUT2D eigenvalue weighted by Gasteiger charge is -2.20. The van der Waals surface area contributed by atoms with Gasteiger partial charge in [-0.3, -0.25) is 0 Å². The molecule has 114 valence electrons. The van der Waals surface area contributed by atoms with Crippen LogP contribution in [-0.2, 0) is 12.8 Å². The van der Waals surface area contributed by atoms with Crippen molar-refractivity contribution >= 4 is 11.3 Å². The predicted octanol–water partition coefficient (Wildman–Crippen LogP) is 4.16. The zero-order valence-corrected chi connectivity index (χ0v) is 14.0. The molecule has 3 heteroatoms. The number of nitrogens with one attached hydrogen (secondary N) is 1. The number of thiophene rings is 1.